The molecule has 0 aliphatic heterocycles. The van der Waals surface area contributed by atoms with E-state index in [0.717, 1.165) is 5.69 Å². The fraction of sp³-hybridized carbons (Fsp3) is 0. The molecule has 0 saturated carbocycles. The van der Waals surface area contributed by atoms with Crippen LogP contribution in [0.2, 0.25) is 0 Å². The van der Waals surface area contributed by atoms with E-state index in [4.69, 9.17) is 0 Å². The molecule has 21 heavy (non-hydrogen) atoms. The van der Waals surface area contributed by atoms with Crippen LogP contribution in [0.25, 0.3) is 5.69 Å². The summed E-state index contributed by atoms with van der Waals surface area (Å²) in [7, 11) is -3.65. The van der Waals surface area contributed by atoms with Crippen LogP contribution >= 0.6 is 0 Å². The van der Waals surface area contributed by atoms with Crippen molar-refractivity contribution in [2.75, 3.05) is 4.72 Å². The smallest absolute Gasteiger partial charge is 0.263 e. The Labute approximate surface area is 122 Å². The van der Waals surface area contributed by atoms with Gasteiger partial charge in [0, 0.05) is 24.8 Å². The van der Waals surface area contributed by atoms with Gasteiger partial charge in [-0.25, -0.2) is 8.42 Å². The first-order valence-electron chi connectivity index (χ1n) is 6.32. The molecular formula is C15H13N3O2S. The van der Waals surface area contributed by atoms with E-state index < -0.39 is 10.0 Å². The minimum absolute atomic E-state index is 0.132. The lowest BCUT2D eigenvalue weighted by atomic mass is 10.3. The minimum Gasteiger partial charge on any atom is -0.322 e. The second-order valence-corrected chi connectivity index (χ2v) is 6.08. The molecule has 2 aromatic heterocycles. The number of aromatic nitrogens is 2. The van der Waals surface area contributed by atoms with Crippen LogP contribution in [0.4, 0.5) is 5.69 Å². The van der Waals surface area contributed by atoms with E-state index >= 15 is 0 Å². The first-order chi connectivity index (χ1) is 10.2. The topological polar surface area (TPSA) is 64.0 Å². The molecule has 0 aliphatic carbocycles. The number of anilines is 1. The predicted octanol–water partition coefficient (Wildman–Crippen LogP) is 2.67. The Morgan fingerprint density at radius 2 is 1.71 bits per heavy atom. The molecule has 0 spiro atoms. The van der Waals surface area contributed by atoms with Gasteiger partial charge in [0.2, 0.25) is 0 Å². The summed E-state index contributed by atoms with van der Waals surface area (Å²) >= 11 is 0. The Morgan fingerprint density at radius 3 is 2.43 bits per heavy atom. The number of nitrogens with zero attached hydrogens (tertiary/aromatic N) is 2. The molecule has 3 aromatic rings. The van der Waals surface area contributed by atoms with Crippen LogP contribution in [-0.4, -0.2) is 18.0 Å². The van der Waals surface area contributed by atoms with Crippen LogP contribution in [-0.2, 0) is 10.0 Å². The highest BCUT2D eigenvalue weighted by Crippen LogP contribution is 2.23. The van der Waals surface area contributed by atoms with Gasteiger partial charge < -0.3 is 4.57 Å². The highest BCUT2D eigenvalue weighted by atomic mass is 32.2. The summed E-state index contributed by atoms with van der Waals surface area (Å²) in [5, 5.41) is 0. The van der Waals surface area contributed by atoms with Crippen LogP contribution in [0, 0.1) is 0 Å². The second kappa shape index (κ2) is 5.41. The lowest BCUT2D eigenvalue weighted by Crippen LogP contribution is -2.14. The Morgan fingerprint density at radius 1 is 0.952 bits per heavy atom. The zero-order valence-corrected chi connectivity index (χ0v) is 11.9. The molecule has 0 amide bonds. The van der Waals surface area contributed by atoms with E-state index in [1.54, 1.807) is 18.2 Å². The maximum Gasteiger partial charge on any atom is 0.263 e. The van der Waals surface area contributed by atoms with Crippen molar-refractivity contribution in [1.29, 1.82) is 0 Å². The van der Waals surface area contributed by atoms with Gasteiger partial charge in [-0.05, 0) is 36.4 Å². The number of rotatable bonds is 4. The van der Waals surface area contributed by atoms with Crippen LogP contribution in [0.3, 0.4) is 0 Å². The van der Waals surface area contributed by atoms with Crippen LogP contribution in [0.15, 0.2) is 78.2 Å². The fourth-order valence-corrected chi connectivity index (χ4v) is 3.03. The number of hydrogen-bond donors (Lipinski definition) is 1. The van der Waals surface area contributed by atoms with Crippen molar-refractivity contribution >= 4 is 15.7 Å². The molecule has 0 bridgehead atoms. The van der Waals surface area contributed by atoms with Crippen LogP contribution < -0.4 is 4.72 Å². The van der Waals surface area contributed by atoms with Gasteiger partial charge in [-0.1, -0.05) is 12.1 Å². The molecular weight excluding hydrogens is 286 g/mol. The lowest BCUT2D eigenvalue weighted by molar-refractivity contribution is 0.601. The van der Waals surface area contributed by atoms with Gasteiger partial charge in [0.1, 0.15) is 4.90 Å². The maximum atomic E-state index is 12.4. The molecule has 1 aromatic carbocycles. The highest BCUT2D eigenvalue weighted by Gasteiger charge is 2.16. The Bertz CT molecular complexity index is 828. The molecule has 6 heteroatoms. The molecule has 0 fully saturated rings. The number of para-hydroxylation sites is 2. The highest BCUT2D eigenvalue weighted by molar-refractivity contribution is 7.92. The van der Waals surface area contributed by atoms with Crippen molar-refractivity contribution < 1.29 is 8.42 Å². The summed E-state index contributed by atoms with van der Waals surface area (Å²) in [4.78, 5) is 3.97. The van der Waals surface area contributed by atoms with E-state index in [0.29, 0.717) is 5.69 Å². The molecule has 1 N–H and O–H groups in total. The van der Waals surface area contributed by atoms with Crippen molar-refractivity contribution in [3.05, 3.63) is 73.3 Å². The molecule has 106 valence electrons. The largest absolute Gasteiger partial charge is 0.322 e. The van der Waals surface area contributed by atoms with Crippen molar-refractivity contribution in [3.8, 4) is 5.69 Å². The lowest BCUT2D eigenvalue weighted by Gasteiger charge is -2.13. The second-order valence-electron chi connectivity index (χ2n) is 4.40. The van der Waals surface area contributed by atoms with Gasteiger partial charge in [0.25, 0.3) is 10.0 Å². The zero-order chi connectivity index (χ0) is 14.7. The maximum absolute atomic E-state index is 12.4. The Balaban J connectivity index is 2.00. The first kappa shape index (κ1) is 13.4. The van der Waals surface area contributed by atoms with Crippen molar-refractivity contribution in [1.82, 2.24) is 9.55 Å². The zero-order valence-electron chi connectivity index (χ0n) is 11.0. The van der Waals surface area contributed by atoms with Gasteiger partial charge in [0.15, 0.2) is 0 Å². The Kier molecular flexibility index (Phi) is 3.45. The summed E-state index contributed by atoms with van der Waals surface area (Å²) in [6.45, 7) is 0. The number of hydrogen-bond acceptors (Lipinski definition) is 3. The van der Waals surface area contributed by atoms with Gasteiger partial charge in [-0.15, -0.1) is 0 Å². The van der Waals surface area contributed by atoms with Gasteiger partial charge in [-0.2, -0.15) is 0 Å². The third-order valence-electron chi connectivity index (χ3n) is 2.98. The predicted molar refractivity (Wildman–Crippen MR) is 80.8 cm³/mol. The fourth-order valence-electron chi connectivity index (χ4n) is 1.99. The summed E-state index contributed by atoms with van der Waals surface area (Å²) in [6.07, 6.45) is 6.57. The summed E-state index contributed by atoms with van der Waals surface area (Å²) in [5.41, 5.74) is 1.27. The summed E-state index contributed by atoms with van der Waals surface area (Å²) < 4.78 is 29.2. The molecule has 0 atom stereocenters. The Hall–Kier alpha value is -2.60. The SMILES string of the molecule is O=S(=O)(Nc1ccccc1-n1cccc1)c1cccnc1. The third kappa shape index (κ3) is 2.80. The van der Waals surface area contributed by atoms with Crippen molar-refractivity contribution in [3.63, 3.8) is 0 Å². The average Bonchev–Trinajstić information content (AvgIpc) is 3.02. The van der Waals surface area contributed by atoms with Gasteiger partial charge in [0.05, 0.1) is 11.4 Å². The van der Waals surface area contributed by atoms with Crippen LogP contribution in [0.5, 0.6) is 0 Å². The van der Waals surface area contributed by atoms with E-state index in [1.165, 1.54) is 18.5 Å². The summed E-state index contributed by atoms with van der Waals surface area (Å²) in [5.74, 6) is 0. The molecule has 0 saturated heterocycles. The average molecular weight is 299 g/mol. The van der Waals surface area contributed by atoms with E-state index in [2.05, 4.69) is 9.71 Å². The molecule has 3 rings (SSSR count). The first-order valence-corrected chi connectivity index (χ1v) is 7.80. The molecule has 0 aliphatic rings. The molecule has 0 unspecified atom stereocenters. The molecule has 5 nitrogen and oxygen atoms in total. The van der Waals surface area contributed by atoms with Gasteiger partial charge >= 0.3 is 0 Å². The van der Waals surface area contributed by atoms with Gasteiger partial charge in [-0.3, -0.25) is 9.71 Å². The quantitative estimate of drug-likeness (QED) is 0.805. The van der Waals surface area contributed by atoms with Crippen molar-refractivity contribution in [2.24, 2.45) is 0 Å². The third-order valence-corrected chi connectivity index (χ3v) is 4.33. The van der Waals surface area contributed by atoms with E-state index in [-0.39, 0.29) is 4.90 Å². The van der Waals surface area contributed by atoms with E-state index in [9.17, 15) is 8.42 Å². The number of nitrogens with one attached hydrogen (secondary N) is 1. The van der Waals surface area contributed by atoms with Crippen LogP contribution in [0.1, 0.15) is 0 Å². The molecule has 0 radical (unpaired) electrons. The number of benzene rings is 1. The normalized spacial score (nSPS) is 11.2. The molecule has 2 heterocycles. The monoisotopic (exact) mass is 299 g/mol. The van der Waals surface area contributed by atoms with E-state index in [1.807, 2.05) is 41.2 Å². The summed E-state index contributed by atoms with van der Waals surface area (Å²) in [6, 6.07) is 14.1. The standard InChI is InChI=1S/C15H13N3O2S/c19-21(20,13-6-5-9-16-12-13)17-14-7-1-2-8-15(14)18-10-3-4-11-18/h1-12,17H. The van der Waals surface area contributed by atoms with Crippen molar-refractivity contribution in [2.45, 2.75) is 4.90 Å². The number of sulfonamides is 1. The number of pyridine rings is 1. The minimum atomic E-state index is -3.65.